The number of hydrogen-bond donors (Lipinski definition) is 1. The summed E-state index contributed by atoms with van der Waals surface area (Å²) in [7, 11) is 0. The van der Waals surface area contributed by atoms with Crippen LogP contribution < -0.4 is 5.32 Å². The number of carbonyl (C=O) groups is 2. The molecule has 28 heavy (non-hydrogen) atoms. The van der Waals surface area contributed by atoms with Crippen LogP contribution in [0.1, 0.15) is 48.8 Å². The number of nitrogens with zero attached hydrogens (tertiary/aromatic N) is 5. The van der Waals surface area contributed by atoms with Crippen LogP contribution in [0, 0.1) is 5.92 Å². The minimum Gasteiger partial charge on any atom is -0.338 e. The third-order valence-electron chi connectivity index (χ3n) is 4.53. The molecule has 2 aromatic rings. The Kier molecular flexibility index (Phi) is 5.68. The van der Waals surface area contributed by atoms with E-state index in [1.165, 1.54) is 21.7 Å². The van der Waals surface area contributed by atoms with Crippen molar-refractivity contribution in [1.82, 2.24) is 24.9 Å². The first kappa shape index (κ1) is 20.2. The van der Waals surface area contributed by atoms with E-state index in [1.807, 2.05) is 0 Å². The second-order valence-corrected chi connectivity index (χ2v) is 7.58. The van der Waals surface area contributed by atoms with Crippen molar-refractivity contribution in [2.24, 2.45) is 5.92 Å². The fourth-order valence-corrected chi connectivity index (χ4v) is 3.59. The van der Waals surface area contributed by atoms with Crippen LogP contribution in [0.4, 0.5) is 18.3 Å². The van der Waals surface area contributed by atoms with Gasteiger partial charge in [0, 0.05) is 25.0 Å². The smallest absolute Gasteiger partial charge is 0.338 e. The van der Waals surface area contributed by atoms with Gasteiger partial charge in [-0.15, -0.1) is 10.2 Å². The van der Waals surface area contributed by atoms with Crippen LogP contribution in [0.2, 0.25) is 0 Å². The molecule has 0 spiro atoms. The van der Waals surface area contributed by atoms with Crippen molar-refractivity contribution in [3.63, 3.8) is 0 Å². The lowest BCUT2D eigenvalue weighted by Gasteiger charge is -2.31. The van der Waals surface area contributed by atoms with E-state index in [0.29, 0.717) is 18.0 Å². The highest BCUT2D eigenvalue weighted by molar-refractivity contribution is 7.13. The van der Waals surface area contributed by atoms with E-state index in [-0.39, 0.29) is 24.9 Å². The Balaban J connectivity index is 1.68. The third kappa shape index (κ3) is 4.16. The maximum atomic E-state index is 13.5. The predicted molar refractivity (Wildman–Crippen MR) is 94.8 cm³/mol. The molecule has 0 aliphatic carbocycles. The molecule has 152 valence electrons. The van der Waals surface area contributed by atoms with Crippen LogP contribution >= 0.6 is 11.3 Å². The summed E-state index contributed by atoms with van der Waals surface area (Å²) in [4.78, 5) is 26.3. The SMILES string of the molecule is CC(C)n1ncc(C(=O)N2CCC(C(=O)Nc3nncs3)CC2)c1C(F)(F)F. The Morgan fingerprint density at radius 3 is 2.50 bits per heavy atom. The van der Waals surface area contributed by atoms with Crippen molar-refractivity contribution in [2.75, 3.05) is 18.4 Å². The molecule has 1 aliphatic rings. The van der Waals surface area contributed by atoms with Gasteiger partial charge in [0.05, 0.1) is 11.8 Å². The topological polar surface area (TPSA) is 93.0 Å². The molecule has 0 radical (unpaired) electrons. The number of anilines is 1. The van der Waals surface area contributed by atoms with Crippen LogP contribution in [-0.2, 0) is 11.0 Å². The van der Waals surface area contributed by atoms with Crippen LogP contribution in [0.5, 0.6) is 0 Å². The maximum absolute atomic E-state index is 13.5. The summed E-state index contributed by atoms with van der Waals surface area (Å²) in [6, 6.07) is -0.534. The van der Waals surface area contributed by atoms with Gasteiger partial charge >= 0.3 is 6.18 Å². The van der Waals surface area contributed by atoms with Gasteiger partial charge in [0.15, 0.2) is 5.69 Å². The van der Waals surface area contributed by atoms with Crippen LogP contribution in [0.3, 0.4) is 0 Å². The molecule has 0 aromatic carbocycles. The van der Waals surface area contributed by atoms with Gasteiger partial charge in [0.2, 0.25) is 11.0 Å². The third-order valence-corrected chi connectivity index (χ3v) is 5.13. The zero-order valence-corrected chi connectivity index (χ0v) is 16.0. The Bertz CT molecular complexity index is 841. The maximum Gasteiger partial charge on any atom is 0.433 e. The molecule has 0 saturated carbocycles. The number of hydrogen-bond acceptors (Lipinski definition) is 6. The molecule has 0 unspecified atom stereocenters. The largest absolute Gasteiger partial charge is 0.433 e. The minimum absolute atomic E-state index is 0.192. The summed E-state index contributed by atoms with van der Waals surface area (Å²) in [6.07, 6.45) is -3.00. The highest BCUT2D eigenvalue weighted by atomic mass is 32.1. The summed E-state index contributed by atoms with van der Waals surface area (Å²) >= 11 is 1.19. The van der Waals surface area contributed by atoms with E-state index < -0.39 is 29.4 Å². The minimum atomic E-state index is -4.69. The van der Waals surface area contributed by atoms with E-state index >= 15 is 0 Å². The fourth-order valence-electron chi connectivity index (χ4n) is 3.14. The van der Waals surface area contributed by atoms with E-state index in [9.17, 15) is 22.8 Å². The Hall–Kier alpha value is -2.50. The van der Waals surface area contributed by atoms with Crippen molar-refractivity contribution >= 4 is 28.3 Å². The number of aromatic nitrogens is 4. The molecule has 3 rings (SSSR count). The number of amides is 2. The number of nitrogens with one attached hydrogen (secondary N) is 1. The average Bonchev–Trinajstić information content (AvgIpc) is 3.30. The highest BCUT2D eigenvalue weighted by Crippen LogP contribution is 2.34. The Morgan fingerprint density at radius 2 is 1.96 bits per heavy atom. The van der Waals surface area contributed by atoms with Crippen molar-refractivity contribution in [3.8, 4) is 0 Å². The summed E-state index contributed by atoms with van der Waals surface area (Å²) in [5.41, 5.74) is -0.00602. The summed E-state index contributed by atoms with van der Waals surface area (Å²) in [5, 5.41) is 14.2. The van der Waals surface area contributed by atoms with Gasteiger partial charge in [-0.2, -0.15) is 18.3 Å². The summed E-state index contributed by atoms with van der Waals surface area (Å²) in [5.74, 6) is -1.29. The van der Waals surface area contributed by atoms with Gasteiger partial charge in [-0.25, -0.2) is 0 Å². The Morgan fingerprint density at radius 1 is 1.29 bits per heavy atom. The Labute approximate surface area is 162 Å². The second-order valence-electron chi connectivity index (χ2n) is 6.74. The van der Waals surface area contributed by atoms with Crippen molar-refractivity contribution in [3.05, 3.63) is 23.0 Å². The van der Waals surface area contributed by atoms with Crippen molar-refractivity contribution in [1.29, 1.82) is 0 Å². The first-order valence-electron chi connectivity index (χ1n) is 8.69. The lowest BCUT2D eigenvalue weighted by atomic mass is 9.95. The molecule has 0 atom stereocenters. The van der Waals surface area contributed by atoms with Gasteiger partial charge in [0.25, 0.3) is 5.91 Å². The van der Waals surface area contributed by atoms with Crippen LogP contribution in [0.15, 0.2) is 11.7 Å². The van der Waals surface area contributed by atoms with E-state index in [2.05, 4.69) is 20.6 Å². The molecule has 1 fully saturated rings. The molecular formula is C16H19F3N6O2S. The number of likely N-dealkylation sites (tertiary alicyclic amines) is 1. The molecule has 3 heterocycles. The van der Waals surface area contributed by atoms with Crippen LogP contribution in [-0.4, -0.2) is 49.8 Å². The van der Waals surface area contributed by atoms with E-state index in [4.69, 9.17) is 0 Å². The highest BCUT2D eigenvalue weighted by Gasteiger charge is 2.42. The molecule has 1 saturated heterocycles. The van der Waals surface area contributed by atoms with Gasteiger partial charge < -0.3 is 10.2 Å². The van der Waals surface area contributed by atoms with E-state index in [1.54, 1.807) is 13.8 Å². The molecule has 8 nitrogen and oxygen atoms in total. The average molecular weight is 416 g/mol. The first-order chi connectivity index (χ1) is 13.2. The van der Waals surface area contributed by atoms with Crippen LogP contribution in [0.25, 0.3) is 0 Å². The molecular weight excluding hydrogens is 397 g/mol. The first-order valence-corrected chi connectivity index (χ1v) is 9.57. The zero-order chi connectivity index (χ0) is 20.5. The fraction of sp³-hybridized carbons (Fsp3) is 0.562. The van der Waals surface area contributed by atoms with Gasteiger partial charge in [-0.1, -0.05) is 11.3 Å². The monoisotopic (exact) mass is 416 g/mol. The molecule has 1 aliphatic heterocycles. The number of alkyl halides is 3. The van der Waals surface area contributed by atoms with E-state index in [0.717, 1.165) is 10.9 Å². The molecule has 1 N–H and O–H groups in total. The molecule has 2 amide bonds. The number of rotatable bonds is 4. The van der Waals surface area contributed by atoms with Gasteiger partial charge in [0.1, 0.15) is 5.51 Å². The molecule has 0 bridgehead atoms. The number of carbonyl (C=O) groups excluding carboxylic acids is 2. The standard InChI is InChI=1S/C16H19F3N6O2S/c1-9(2)25-12(16(17,18)19)11(7-21-25)14(27)24-5-3-10(4-6-24)13(26)22-15-23-20-8-28-15/h7-10H,3-6H2,1-2H3,(H,22,23,26). The van der Waals surface area contributed by atoms with Gasteiger partial charge in [-0.3, -0.25) is 14.3 Å². The second kappa shape index (κ2) is 7.86. The summed E-state index contributed by atoms with van der Waals surface area (Å²) in [6.45, 7) is 3.52. The van der Waals surface area contributed by atoms with Crippen molar-refractivity contribution in [2.45, 2.75) is 38.9 Å². The van der Waals surface area contributed by atoms with Crippen molar-refractivity contribution < 1.29 is 22.8 Å². The predicted octanol–water partition coefficient (Wildman–Crippen LogP) is 2.83. The molecule has 12 heteroatoms. The lowest BCUT2D eigenvalue weighted by Crippen LogP contribution is -2.42. The van der Waals surface area contributed by atoms with Gasteiger partial charge in [-0.05, 0) is 26.7 Å². The normalized spacial score (nSPS) is 15.9. The number of halogens is 3. The molecule has 2 aromatic heterocycles. The number of piperidine rings is 1. The lowest BCUT2D eigenvalue weighted by molar-refractivity contribution is -0.145. The zero-order valence-electron chi connectivity index (χ0n) is 15.2. The summed E-state index contributed by atoms with van der Waals surface area (Å²) < 4.78 is 41.3. The quantitative estimate of drug-likeness (QED) is 0.827.